The second-order valence-electron chi connectivity index (χ2n) is 9.08. The van der Waals surface area contributed by atoms with Crippen LogP contribution < -0.4 is 27.4 Å². The molecule has 0 saturated carbocycles. The summed E-state index contributed by atoms with van der Waals surface area (Å²) in [6, 6.07) is 4.81. The molecule has 202 valence electrons. The fraction of sp³-hybridized carbons (Fsp3) is 0.600. The molecule has 6 unspecified atom stereocenters. The highest BCUT2D eigenvalue weighted by Crippen LogP contribution is 2.11. The van der Waals surface area contributed by atoms with Gasteiger partial charge in [-0.25, -0.2) is 4.79 Å². The number of nitrogens with two attached hydrogens (primary N) is 2. The lowest BCUT2D eigenvalue weighted by atomic mass is 9.96. The fourth-order valence-corrected chi connectivity index (χ4v) is 3.59. The Morgan fingerprint density at radius 1 is 0.917 bits per heavy atom. The number of aliphatic hydroxyl groups is 1. The number of hydrogen-bond donors (Lipinski definition) is 7. The average molecular weight is 508 g/mol. The first-order valence-electron chi connectivity index (χ1n) is 12.3. The Hall–Kier alpha value is -3.02. The van der Waals surface area contributed by atoms with Gasteiger partial charge in [-0.3, -0.25) is 14.4 Å². The molecule has 0 heterocycles. The second kappa shape index (κ2) is 15.9. The summed E-state index contributed by atoms with van der Waals surface area (Å²) in [5.41, 5.74) is 12.5. The molecule has 9 N–H and O–H groups in total. The molecule has 0 aliphatic carbocycles. The number of rotatable bonds is 16. The minimum atomic E-state index is -1.53. The molecule has 0 fully saturated rings. The van der Waals surface area contributed by atoms with Crippen LogP contribution in [0.4, 0.5) is 0 Å². The molecule has 6 atom stereocenters. The number of amides is 3. The summed E-state index contributed by atoms with van der Waals surface area (Å²) in [5, 5.41) is 26.6. The molecule has 0 aliphatic rings. The van der Waals surface area contributed by atoms with Crippen molar-refractivity contribution in [3.05, 3.63) is 35.9 Å². The van der Waals surface area contributed by atoms with Crippen molar-refractivity contribution < 1.29 is 29.4 Å². The van der Waals surface area contributed by atoms with Gasteiger partial charge in [-0.05, 0) is 50.6 Å². The van der Waals surface area contributed by atoms with Gasteiger partial charge in [0.15, 0.2) is 6.04 Å². The van der Waals surface area contributed by atoms with Gasteiger partial charge in [-0.15, -0.1) is 0 Å². The lowest BCUT2D eigenvalue weighted by Crippen LogP contribution is -2.59. The molecule has 0 aromatic heterocycles. The average Bonchev–Trinajstić information content (AvgIpc) is 2.84. The van der Waals surface area contributed by atoms with E-state index in [1.54, 1.807) is 6.92 Å². The van der Waals surface area contributed by atoms with E-state index in [1.807, 2.05) is 37.3 Å². The predicted molar refractivity (Wildman–Crippen MR) is 136 cm³/mol. The molecule has 11 nitrogen and oxygen atoms in total. The number of carboxylic acids is 1. The summed E-state index contributed by atoms with van der Waals surface area (Å²) in [5.74, 6) is -3.49. The number of carboxylic acid groups (broad SMARTS) is 1. The third kappa shape index (κ3) is 10.3. The van der Waals surface area contributed by atoms with E-state index in [4.69, 9.17) is 11.5 Å². The van der Waals surface area contributed by atoms with Crippen LogP contribution in [0.5, 0.6) is 0 Å². The molecule has 1 rings (SSSR count). The molecule has 0 bridgehead atoms. The van der Waals surface area contributed by atoms with Crippen LogP contribution in [-0.2, 0) is 25.6 Å². The van der Waals surface area contributed by atoms with Gasteiger partial charge in [0, 0.05) is 0 Å². The van der Waals surface area contributed by atoms with Crippen LogP contribution in [0.15, 0.2) is 30.3 Å². The van der Waals surface area contributed by atoms with Gasteiger partial charge >= 0.3 is 5.97 Å². The normalized spacial score (nSPS) is 16.1. The molecule has 0 spiro atoms. The maximum atomic E-state index is 13.2. The predicted octanol–water partition coefficient (Wildman–Crippen LogP) is -0.349. The Kier molecular flexibility index (Phi) is 13.7. The van der Waals surface area contributed by atoms with Crippen molar-refractivity contribution in [2.45, 2.75) is 83.1 Å². The van der Waals surface area contributed by atoms with Crippen molar-refractivity contribution in [1.29, 1.82) is 0 Å². The van der Waals surface area contributed by atoms with E-state index in [2.05, 4.69) is 16.0 Å². The Balaban J connectivity index is 2.98. The van der Waals surface area contributed by atoms with E-state index < -0.39 is 54.0 Å². The third-order valence-electron chi connectivity index (χ3n) is 6.05. The van der Waals surface area contributed by atoms with Crippen molar-refractivity contribution >= 4 is 23.7 Å². The Bertz CT molecular complexity index is 851. The number of benzene rings is 1. The summed E-state index contributed by atoms with van der Waals surface area (Å²) in [4.78, 5) is 50.3. The molecule has 3 amide bonds. The standard InChI is InChI=1S/C25H41N5O6/c1-4-15(2)20(29-22(32)18(27)14-17-10-6-5-7-11-17)24(34)28-19(12-8-9-13-26)23(33)30-21(16(3)31)25(35)36/h5-7,10-11,15-16,18-21,31H,4,8-9,12-14,26-27H2,1-3H3,(H,28,34)(H,29,32)(H,30,33)(H,35,36). The number of aliphatic carboxylic acids is 1. The van der Waals surface area contributed by atoms with Crippen LogP contribution >= 0.6 is 0 Å². The van der Waals surface area contributed by atoms with Crippen molar-refractivity contribution in [2.75, 3.05) is 6.54 Å². The summed E-state index contributed by atoms with van der Waals surface area (Å²) in [6.07, 6.45) is 0.823. The van der Waals surface area contributed by atoms with Crippen molar-refractivity contribution in [3.63, 3.8) is 0 Å². The number of carbonyl (C=O) groups is 4. The van der Waals surface area contributed by atoms with Crippen LogP contribution in [0.2, 0.25) is 0 Å². The highest BCUT2D eigenvalue weighted by atomic mass is 16.4. The van der Waals surface area contributed by atoms with Crippen LogP contribution in [-0.4, -0.2) is 70.7 Å². The van der Waals surface area contributed by atoms with Gasteiger partial charge in [0.05, 0.1) is 12.1 Å². The summed E-state index contributed by atoms with van der Waals surface area (Å²) in [7, 11) is 0. The van der Waals surface area contributed by atoms with Crippen molar-refractivity contribution in [2.24, 2.45) is 17.4 Å². The van der Waals surface area contributed by atoms with E-state index in [0.29, 0.717) is 32.2 Å². The number of aliphatic hydroxyl groups excluding tert-OH is 1. The van der Waals surface area contributed by atoms with E-state index in [1.165, 1.54) is 6.92 Å². The quantitative estimate of drug-likeness (QED) is 0.147. The first-order valence-corrected chi connectivity index (χ1v) is 12.3. The Labute approximate surface area is 212 Å². The van der Waals surface area contributed by atoms with E-state index in [-0.39, 0.29) is 12.3 Å². The molecule has 0 radical (unpaired) electrons. The van der Waals surface area contributed by atoms with Gasteiger partial charge in [0.2, 0.25) is 17.7 Å². The van der Waals surface area contributed by atoms with E-state index in [9.17, 15) is 29.4 Å². The summed E-state index contributed by atoms with van der Waals surface area (Å²) >= 11 is 0. The van der Waals surface area contributed by atoms with E-state index >= 15 is 0 Å². The van der Waals surface area contributed by atoms with Crippen LogP contribution in [0.25, 0.3) is 0 Å². The third-order valence-corrected chi connectivity index (χ3v) is 6.05. The maximum absolute atomic E-state index is 13.2. The summed E-state index contributed by atoms with van der Waals surface area (Å²) < 4.78 is 0. The number of nitrogens with one attached hydrogen (secondary N) is 3. The van der Waals surface area contributed by atoms with Crippen LogP contribution in [0.3, 0.4) is 0 Å². The maximum Gasteiger partial charge on any atom is 0.328 e. The largest absolute Gasteiger partial charge is 0.480 e. The molecule has 11 heteroatoms. The molecule has 36 heavy (non-hydrogen) atoms. The van der Waals surface area contributed by atoms with Gasteiger partial charge in [-0.1, -0.05) is 50.6 Å². The minimum Gasteiger partial charge on any atom is -0.480 e. The van der Waals surface area contributed by atoms with Gasteiger partial charge < -0.3 is 37.6 Å². The monoisotopic (exact) mass is 507 g/mol. The Morgan fingerprint density at radius 3 is 2.06 bits per heavy atom. The lowest BCUT2D eigenvalue weighted by molar-refractivity contribution is -0.145. The zero-order valence-corrected chi connectivity index (χ0v) is 21.3. The highest BCUT2D eigenvalue weighted by Gasteiger charge is 2.33. The summed E-state index contributed by atoms with van der Waals surface area (Å²) in [6.45, 7) is 5.30. The number of unbranched alkanes of at least 4 members (excludes halogenated alkanes) is 1. The molecular formula is C25H41N5O6. The highest BCUT2D eigenvalue weighted by molar-refractivity contribution is 5.94. The van der Waals surface area contributed by atoms with Crippen molar-refractivity contribution in [3.8, 4) is 0 Å². The van der Waals surface area contributed by atoms with Gasteiger partial charge in [0.1, 0.15) is 12.1 Å². The fourth-order valence-electron chi connectivity index (χ4n) is 3.59. The number of carbonyl (C=O) groups excluding carboxylic acids is 3. The first-order chi connectivity index (χ1) is 17.0. The van der Waals surface area contributed by atoms with Gasteiger partial charge in [-0.2, -0.15) is 0 Å². The lowest BCUT2D eigenvalue weighted by Gasteiger charge is -2.28. The van der Waals surface area contributed by atoms with Crippen LogP contribution in [0.1, 0.15) is 52.0 Å². The molecule has 0 saturated heterocycles. The van der Waals surface area contributed by atoms with Crippen molar-refractivity contribution in [1.82, 2.24) is 16.0 Å². The molecule has 1 aromatic rings. The zero-order valence-electron chi connectivity index (χ0n) is 21.3. The van der Waals surface area contributed by atoms with E-state index in [0.717, 1.165) is 5.56 Å². The van der Waals surface area contributed by atoms with Gasteiger partial charge in [0.25, 0.3) is 0 Å². The Morgan fingerprint density at radius 2 is 1.53 bits per heavy atom. The van der Waals surface area contributed by atoms with Crippen LogP contribution in [0, 0.1) is 5.92 Å². The minimum absolute atomic E-state index is 0.204. The molecule has 0 aliphatic heterocycles. The molecular weight excluding hydrogens is 466 g/mol. The smallest absolute Gasteiger partial charge is 0.328 e. The topological polar surface area (TPSA) is 197 Å². The number of hydrogen-bond acceptors (Lipinski definition) is 7. The second-order valence-corrected chi connectivity index (χ2v) is 9.08. The first kappa shape index (κ1) is 31.0. The zero-order chi connectivity index (χ0) is 27.3. The molecule has 1 aromatic carbocycles. The SMILES string of the molecule is CCC(C)C(NC(=O)C(N)Cc1ccccc1)C(=O)NC(CCCCN)C(=O)NC(C(=O)O)C(C)O.